The second-order valence-electron chi connectivity index (χ2n) is 8.75. The van der Waals surface area contributed by atoms with Gasteiger partial charge in [-0.3, -0.25) is 19.4 Å². The Labute approximate surface area is 208 Å². The van der Waals surface area contributed by atoms with Gasteiger partial charge in [-0.1, -0.05) is 36.4 Å². The minimum Gasteiger partial charge on any atom is -0.370 e. The fourth-order valence-electron chi connectivity index (χ4n) is 4.22. The quantitative estimate of drug-likeness (QED) is 0.379. The number of nitrogens with zero attached hydrogens (tertiary/aromatic N) is 6. The van der Waals surface area contributed by atoms with Crippen molar-refractivity contribution in [2.24, 2.45) is 7.05 Å². The van der Waals surface area contributed by atoms with E-state index in [1.54, 1.807) is 22.2 Å². The van der Waals surface area contributed by atoms with Gasteiger partial charge >= 0.3 is 0 Å². The van der Waals surface area contributed by atoms with Crippen LogP contribution >= 0.6 is 11.3 Å². The van der Waals surface area contributed by atoms with Crippen molar-refractivity contribution >= 4 is 17.2 Å². The van der Waals surface area contributed by atoms with Crippen LogP contribution in [0.2, 0.25) is 0 Å². The normalized spacial score (nSPS) is 17.0. The fraction of sp³-hybridized carbons (Fsp3) is 0.308. The Morgan fingerprint density at radius 1 is 1.06 bits per heavy atom. The number of amides is 1. The first-order chi connectivity index (χ1) is 17.1. The molecular formula is C26H28N6O2S. The molecule has 1 aromatic carbocycles. The molecule has 1 atom stereocenters. The summed E-state index contributed by atoms with van der Waals surface area (Å²) in [5, 5.41) is 7.31. The summed E-state index contributed by atoms with van der Waals surface area (Å²) in [5.41, 5.74) is 4.09. The lowest BCUT2D eigenvalue weighted by Crippen LogP contribution is -2.37. The lowest BCUT2D eigenvalue weighted by molar-refractivity contribution is -0.132. The van der Waals surface area contributed by atoms with E-state index in [0.717, 1.165) is 27.4 Å². The van der Waals surface area contributed by atoms with Crippen LogP contribution in [-0.2, 0) is 36.3 Å². The van der Waals surface area contributed by atoms with Gasteiger partial charge in [-0.15, -0.1) is 11.3 Å². The first-order valence-corrected chi connectivity index (χ1v) is 12.5. The lowest BCUT2D eigenvalue weighted by Gasteiger charge is -2.24. The molecular weight excluding hydrogens is 460 g/mol. The van der Waals surface area contributed by atoms with E-state index >= 15 is 0 Å². The summed E-state index contributed by atoms with van der Waals surface area (Å²) < 4.78 is 8.06. The van der Waals surface area contributed by atoms with E-state index in [4.69, 9.17) is 9.72 Å². The first-order valence-electron chi connectivity index (χ1n) is 11.6. The largest absolute Gasteiger partial charge is 0.370 e. The highest BCUT2D eigenvalue weighted by Crippen LogP contribution is 2.23. The number of pyridine rings is 1. The van der Waals surface area contributed by atoms with E-state index in [1.165, 1.54) is 0 Å². The number of hydrogen-bond acceptors (Lipinski definition) is 7. The van der Waals surface area contributed by atoms with E-state index in [1.807, 2.05) is 60.9 Å². The van der Waals surface area contributed by atoms with Crippen molar-refractivity contribution in [3.05, 3.63) is 88.8 Å². The summed E-state index contributed by atoms with van der Waals surface area (Å²) in [5.74, 6) is 0.0844. The maximum Gasteiger partial charge on any atom is 0.237 e. The van der Waals surface area contributed by atoms with Crippen LogP contribution in [0.4, 0.5) is 0 Å². The van der Waals surface area contributed by atoms with Gasteiger partial charge in [-0.05, 0) is 11.6 Å². The minimum absolute atomic E-state index is 0.0844. The zero-order chi connectivity index (χ0) is 24.0. The highest BCUT2D eigenvalue weighted by molar-refractivity contribution is 7.09. The number of ether oxygens (including phenoxy) is 1. The van der Waals surface area contributed by atoms with Crippen LogP contribution in [0.25, 0.3) is 11.3 Å². The highest BCUT2D eigenvalue weighted by Gasteiger charge is 2.29. The summed E-state index contributed by atoms with van der Waals surface area (Å²) in [4.78, 5) is 26.3. The van der Waals surface area contributed by atoms with Gasteiger partial charge < -0.3 is 9.64 Å². The second kappa shape index (κ2) is 10.9. The van der Waals surface area contributed by atoms with Gasteiger partial charge in [0.2, 0.25) is 5.91 Å². The van der Waals surface area contributed by atoms with Crippen LogP contribution in [0.15, 0.2) is 72.6 Å². The number of hydrogen-bond donors (Lipinski definition) is 0. The Balaban J connectivity index is 1.30. The van der Waals surface area contributed by atoms with Gasteiger partial charge in [0, 0.05) is 61.8 Å². The topological polar surface area (TPSA) is 76.4 Å². The maximum atomic E-state index is 13.2. The number of carbonyl (C=O) groups excluding carboxylic acids is 1. The Morgan fingerprint density at radius 3 is 2.71 bits per heavy atom. The zero-order valence-electron chi connectivity index (χ0n) is 19.7. The Morgan fingerprint density at radius 2 is 1.94 bits per heavy atom. The molecule has 3 aromatic heterocycles. The predicted molar refractivity (Wildman–Crippen MR) is 134 cm³/mol. The average molecular weight is 489 g/mol. The Hall–Kier alpha value is -3.40. The smallest absolute Gasteiger partial charge is 0.237 e. The molecule has 0 aliphatic carbocycles. The van der Waals surface area contributed by atoms with Gasteiger partial charge in [0.1, 0.15) is 5.01 Å². The second-order valence-corrected chi connectivity index (χ2v) is 9.70. The predicted octanol–water partition coefficient (Wildman–Crippen LogP) is 3.37. The molecule has 1 aliphatic heterocycles. The summed E-state index contributed by atoms with van der Waals surface area (Å²) in [6.07, 6.45) is 7.19. The average Bonchev–Trinajstić information content (AvgIpc) is 3.48. The molecule has 0 N–H and O–H groups in total. The molecule has 4 aromatic rings. The Kier molecular flexibility index (Phi) is 7.27. The highest BCUT2D eigenvalue weighted by atomic mass is 32.1. The zero-order valence-corrected chi connectivity index (χ0v) is 20.5. The molecule has 8 nitrogen and oxygen atoms in total. The molecule has 1 aliphatic rings. The van der Waals surface area contributed by atoms with Crippen LogP contribution in [-0.4, -0.2) is 61.2 Å². The van der Waals surface area contributed by atoms with Crippen molar-refractivity contribution in [3.63, 3.8) is 0 Å². The third kappa shape index (κ3) is 6.19. The van der Waals surface area contributed by atoms with Crippen LogP contribution in [0.3, 0.4) is 0 Å². The van der Waals surface area contributed by atoms with Crippen molar-refractivity contribution in [2.45, 2.75) is 25.8 Å². The molecule has 0 bridgehead atoms. The lowest BCUT2D eigenvalue weighted by atomic mass is 10.2. The van der Waals surface area contributed by atoms with Gasteiger partial charge in [0.05, 0.1) is 37.7 Å². The molecule has 0 radical (unpaired) electrons. The van der Waals surface area contributed by atoms with Crippen molar-refractivity contribution in [3.8, 4) is 11.3 Å². The van der Waals surface area contributed by atoms with Crippen LogP contribution < -0.4 is 0 Å². The van der Waals surface area contributed by atoms with E-state index < -0.39 is 0 Å². The molecule has 0 saturated carbocycles. The van der Waals surface area contributed by atoms with E-state index in [9.17, 15) is 4.79 Å². The molecule has 1 amide bonds. The standard InChI is InChI=1S/C26H28N6O2S/c1-30-12-21(11-28-30)13-32-15-23(34-18-20-6-5-9-27-10-20)14-31(17-26(32)33)16-25-29-24(19-35-25)22-7-3-2-4-8-22/h2-12,19,23H,13-18H2,1H3/t23-/m0/s1. The number of benzene rings is 1. The number of rotatable bonds is 8. The van der Waals surface area contributed by atoms with Gasteiger partial charge in [0.15, 0.2) is 0 Å². The molecule has 0 spiro atoms. The molecule has 180 valence electrons. The number of aromatic nitrogens is 4. The van der Waals surface area contributed by atoms with E-state index in [2.05, 4.69) is 32.5 Å². The maximum absolute atomic E-state index is 13.2. The van der Waals surface area contributed by atoms with Gasteiger partial charge in [-0.2, -0.15) is 5.10 Å². The van der Waals surface area contributed by atoms with Crippen molar-refractivity contribution in [2.75, 3.05) is 19.6 Å². The summed E-state index contributed by atoms with van der Waals surface area (Å²) >= 11 is 1.63. The Bertz CT molecular complexity index is 1240. The third-order valence-electron chi connectivity index (χ3n) is 5.92. The summed E-state index contributed by atoms with van der Waals surface area (Å²) in [6, 6.07) is 14.1. The molecule has 5 rings (SSSR count). The van der Waals surface area contributed by atoms with Crippen molar-refractivity contribution in [1.29, 1.82) is 0 Å². The first kappa shape index (κ1) is 23.3. The van der Waals surface area contributed by atoms with E-state index in [0.29, 0.717) is 39.3 Å². The van der Waals surface area contributed by atoms with Crippen LogP contribution in [0.5, 0.6) is 0 Å². The van der Waals surface area contributed by atoms with E-state index in [-0.39, 0.29) is 12.0 Å². The summed E-state index contributed by atoms with van der Waals surface area (Å²) in [6.45, 7) is 3.08. The van der Waals surface area contributed by atoms with Crippen molar-refractivity contribution in [1.82, 2.24) is 29.5 Å². The van der Waals surface area contributed by atoms with Crippen LogP contribution in [0.1, 0.15) is 16.1 Å². The molecule has 1 saturated heterocycles. The van der Waals surface area contributed by atoms with Crippen molar-refractivity contribution < 1.29 is 9.53 Å². The molecule has 35 heavy (non-hydrogen) atoms. The molecule has 9 heteroatoms. The summed E-state index contributed by atoms with van der Waals surface area (Å²) in [7, 11) is 1.88. The number of carbonyl (C=O) groups is 1. The number of aryl methyl sites for hydroxylation is 1. The monoisotopic (exact) mass is 488 g/mol. The van der Waals surface area contributed by atoms with Gasteiger partial charge in [-0.25, -0.2) is 4.98 Å². The fourth-order valence-corrected chi connectivity index (χ4v) is 5.06. The molecule has 4 heterocycles. The molecule has 0 unspecified atom stereocenters. The molecule has 1 fully saturated rings. The SMILES string of the molecule is Cn1cc(CN2C[C@@H](OCc3cccnc3)CN(Cc3nc(-c4ccccc4)cs3)CC2=O)cn1. The van der Waals surface area contributed by atoms with Gasteiger partial charge in [0.25, 0.3) is 0 Å². The minimum atomic E-state index is -0.133. The third-order valence-corrected chi connectivity index (χ3v) is 6.75. The van der Waals surface area contributed by atoms with Crippen LogP contribution in [0, 0.1) is 0 Å². The number of thiazole rings is 1.